The molecule has 0 saturated carbocycles. The molecule has 0 aromatic heterocycles. The predicted octanol–water partition coefficient (Wildman–Crippen LogP) is 7.48. The molecular formula is C21H18F12N2. The van der Waals surface area contributed by atoms with Crippen LogP contribution in [0.1, 0.15) is 33.4 Å². The standard InChI is InChI=1S/C21H18F12N2/c1-34(2)10-5-14(18(22,23)24)12(15(6-10)19(25,26)27)9-13-16(20(28,29)30)7-11(35(3)4)8-17(13)21(31,32)33/h5-8H,9H2,1-4H3. The molecule has 0 saturated heterocycles. The molecule has 0 unspecified atom stereocenters. The van der Waals surface area contributed by atoms with Gasteiger partial charge in [-0.15, -0.1) is 0 Å². The second-order valence-electron chi connectivity index (χ2n) is 8.00. The summed E-state index contributed by atoms with van der Waals surface area (Å²) in [6.07, 6.45) is -24.0. The topological polar surface area (TPSA) is 6.48 Å². The fourth-order valence-electron chi connectivity index (χ4n) is 3.40. The molecule has 0 bridgehead atoms. The summed E-state index contributed by atoms with van der Waals surface area (Å²) >= 11 is 0. The van der Waals surface area contributed by atoms with Crippen LogP contribution in [0.15, 0.2) is 24.3 Å². The van der Waals surface area contributed by atoms with E-state index in [2.05, 4.69) is 0 Å². The lowest BCUT2D eigenvalue weighted by Crippen LogP contribution is -2.23. The van der Waals surface area contributed by atoms with Crippen molar-refractivity contribution in [1.82, 2.24) is 0 Å². The third-order valence-corrected chi connectivity index (χ3v) is 5.08. The van der Waals surface area contributed by atoms with E-state index in [-0.39, 0.29) is 24.3 Å². The fourth-order valence-corrected chi connectivity index (χ4v) is 3.40. The second-order valence-corrected chi connectivity index (χ2v) is 8.00. The van der Waals surface area contributed by atoms with Crippen molar-refractivity contribution in [2.45, 2.75) is 31.1 Å². The van der Waals surface area contributed by atoms with Crippen LogP contribution < -0.4 is 9.80 Å². The van der Waals surface area contributed by atoms with Crippen LogP contribution in [0, 0.1) is 0 Å². The molecule has 14 heteroatoms. The first-order valence-corrected chi connectivity index (χ1v) is 9.52. The maximum absolute atomic E-state index is 13.8. The van der Waals surface area contributed by atoms with Gasteiger partial charge in [0.25, 0.3) is 0 Å². The van der Waals surface area contributed by atoms with Gasteiger partial charge < -0.3 is 9.80 Å². The third-order valence-electron chi connectivity index (χ3n) is 5.08. The van der Waals surface area contributed by atoms with Gasteiger partial charge >= 0.3 is 24.7 Å². The lowest BCUT2D eigenvalue weighted by molar-refractivity contribution is -0.144. The monoisotopic (exact) mass is 526 g/mol. The smallest absolute Gasteiger partial charge is 0.378 e. The zero-order valence-electron chi connectivity index (χ0n) is 18.4. The van der Waals surface area contributed by atoms with Crippen LogP contribution in [0.2, 0.25) is 0 Å². The summed E-state index contributed by atoms with van der Waals surface area (Å²) in [6, 6.07) is 0.997. The van der Waals surface area contributed by atoms with Crippen LogP contribution in [-0.4, -0.2) is 28.2 Å². The number of nitrogens with zero attached hydrogens (tertiary/aromatic N) is 2. The number of benzene rings is 2. The Hall–Kier alpha value is -2.80. The average Bonchev–Trinajstić information content (AvgIpc) is 2.64. The molecule has 2 rings (SSSR count). The zero-order chi connectivity index (χ0) is 27.3. The average molecular weight is 526 g/mol. The molecule has 2 nitrogen and oxygen atoms in total. The molecule has 0 aliphatic heterocycles. The Labute approximate surface area is 191 Å². The van der Waals surface area contributed by atoms with Crippen LogP contribution >= 0.6 is 0 Å². The number of hydrogen-bond acceptors (Lipinski definition) is 2. The fraction of sp³-hybridized carbons (Fsp3) is 0.429. The Morgan fingerprint density at radius 2 is 0.657 bits per heavy atom. The van der Waals surface area contributed by atoms with Crippen LogP contribution in [0.25, 0.3) is 0 Å². The molecule has 2 aromatic rings. The first kappa shape index (κ1) is 28.4. The van der Waals surface area contributed by atoms with Gasteiger partial charge in [-0.3, -0.25) is 0 Å². The summed E-state index contributed by atoms with van der Waals surface area (Å²) < 4.78 is 165. The van der Waals surface area contributed by atoms with Gasteiger partial charge in [0.1, 0.15) is 0 Å². The maximum atomic E-state index is 13.8. The Balaban J connectivity index is 3.06. The maximum Gasteiger partial charge on any atom is 0.416 e. The van der Waals surface area contributed by atoms with E-state index < -0.39 is 75.9 Å². The van der Waals surface area contributed by atoms with E-state index in [0.717, 1.165) is 38.0 Å². The van der Waals surface area contributed by atoms with Crippen molar-refractivity contribution in [3.05, 3.63) is 57.6 Å². The van der Waals surface area contributed by atoms with Gasteiger partial charge in [0.15, 0.2) is 0 Å². The van der Waals surface area contributed by atoms with Crippen molar-refractivity contribution in [2.75, 3.05) is 38.0 Å². The molecule has 0 aliphatic carbocycles. The highest BCUT2D eigenvalue weighted by atomic mass is 19.4. The second kappa shape index (κ2) is 9.01. The Kier molecular flexibility index (Phi) is 7.32. The van der Waals surface area contributed by atoms with E-state index in [1.54, 1.807) is 0 Å². The van der Waals surface area contributed by atoms with Crippen molar-refractivity contribution >= 4 is 11.4 Å². The minimum Gasteiger partial charge on any atom is -0.378 e. The zero-order valence-corrected chi connectivity index (χ0v) is 18.4. The van der Waals surface area contributed by atoms with Crippen LogP contribution in [-0.2, 0) is 31.1 Å². The highest BCUT2D eigenvalue weighted by molar-refractivity contribution is 5.60. The molecule has 35 heavy (non-hydrogen) atoms. The summed E-state index contributed by atoms with van der Waals surface area (Å²) in [7, 11) is 4.50. The van der Waals surface area contributed by atoms with E-state index in [9.17, 15) is 52.7 Å². The first-order chi connectivity index (χ1) is 15.5. The quantitative estimate of drug-likeness (QED) is 0.381. The summed E-state index contributed by atoms with van der Waals surface area (Å²) in [4.78, 5) is 1.78. The summed E-state index contributed by atoms with van der Waals surface area (Å²) in [5.41, 5.74) is -12.6. The Bertz CT molecular complexity index is 918. The molecule has 0 aliphatic rings. The van der Waals surface area contributed by atoms with Crippen LogP contribution in [0.3, 0.4) is 0 Å². The largest absolute Gasteiger partial charge is 0.416 e. The van der Waals surface area contributed by atoms with E-state index in [1.807, 2.05) is 0 Å². The molecule has 0 atom stereocenters. The molecule has 0 fully saturated rings. The van der Waals surface area contributed by atoms with Gasteiger partial charge in [-0.25, -0.2) is 0 Å². The molecule has 0 amide bonds. The van der Waals surface area contributed by atoms with E-state index in [4.69, 9.17) is 0 Å². The van der Waals surface area contributed by atoms with Crippen LogP contribution in [0.5, 0.6) is 0 Å². The molecule has 0 spiro atoms. The molecule has 0 N–H and O–H groups in total. The number of rotatable bonds is 4. The van der Waals surface area contributed by atoms with Gasteiger partial charge in [-0.2, -0.15) is 52.7 Å². The first-order valence-electron chi connectivity index (χ1n) is 9.52. The van der Waals surface area contributed by atoms with E-state index in [1.165, 1.54) is 0 Å². The molecule has 0 heterocycles. The SMILES string of the molecule is CN(C)c1cc(C(F)(F)F)c(Cc2c(C(F)(F)F)cc(N(C)C)cc2C(F)(F)F)c(C(F)(F)F)c1. The molecular weight excluding hydrogens is 508 g/mol. The third kappa shape index (κ3) is 6.26. The number of hydrogen-bond donors (Lipinski definition) is 0. The van der Waals surface area contributed by atoms with Gasteiger partial charge in [0.05, 0.1) is 22.3 Å². The molecule has 196 valence electrons. The van der Waals surface area contributed by atoms with Crippen molar-refractivity contribution in [3.63, 3.8) is 0 Å². The van der Waals surface area contributed by atoms with Crippen molar-refractivity contribution in [1.29, 1.82) is 0 Å². The summed E-state index contributed by atoms with van der Waals surface area (Å²) in [5, 5.41) is 0. The van der Waals surface area contributed by atoms with Gasteiger partial charge in [0.2, 0.25) is 0 Å². The summed E-state index contributed by atoms with van der Waals surface area (Å²) in [5.74, 6) is 0. The Morgan fingerprint density at radius 1 is 0.457 bits per heavy atom. The number of anilines is 2. The minimum atomic E-state index is -5.51. The predicted molar refractivity (Wildman–Crippen MR) is 104 cm³/mol. The highest BCUT2D eigenvalue weighted by Gasteiger charge is 2.45. The lowest BCUT2D eigenvalue weighted by Gasteiger charge is -2.26. The van der Waals surface area contributed by atoms with E-state index >= 15 is 0 Å². The van der Waals surface area contributed by atoms with Crippen LogP contribution in [0.4, 0.5) is 64.1 Å². The van der Waals surface area contributed by atoms with Crippen molar-refractivity contribution in [3.8, 4) is 0 Å². The molecule has 0 radical (unpaired) electrons. The van der Waals surface area contributed by atoms with Crippen molar-refractivity contribution in [2.24, 2.45) is 0 Å². The van der Waals surface area contributed by atoms with Gasteiger partial charge in [-0.1, -0.05) is 0 Å². The van der Waals surface area contributed by atoms with Crippen molar-refractivity contribution < 1.29 is 52.7 Å². The normalized spacial score (nSPS) is 13.3. The highest BCUT2D eigenvalue weighted by Crippen LogP contribution is 2.47. The summed E-state index contributed by atoms with van der Waals surface area (Å²) in [6.45, 7) is 0. The van der Waals surface area contributed by atoms with E-state index in [0.29, 0.717) is 0 Å². The lowest BCUT2D eigenvalue weighted by atomic mass is 9.88. The van der Waals surface area contributed by atoms with Gasteiger partial charge in [-0.05, 0) is 41.8 Å². The number of alkyl halides is 12. The van der Waals surface area contributed by atoms with Gasteiger partial charge in [0, 0.05) is 39.6 Å². The Morgan fingerprint density at radius 3 is 0.800 bits per heavy atom. The minimum absolute atomic E-state index is 0.249. The number of halogens is 12. The molecule has 2 aromatic carbocycles.